The van der Waals surface area contributed by atoms with Crippen molar-refractivity contribution >= 4 is 86.0 Å². The molecule has 16 nitrogen and oxygen atoms in total. The van der Waals surface area contributed by atoms with Gasteiger partial charge >= 0.3 is 0 Å². The van der Waals surface area contributed by atoms with Gasteiger partial charge in [-0.25, -0.2) is 4.98 Å². The fraction of sp³-hybridized carbons (Fsp3) is 0.413. The van der Waals surface area contributed by atoms with Crippen LogP contribution in [0.2, 0.25) is 0 Å². The van der Waals surface area contributed by atoms with Crippen LogP contribution in [0.15, 0.2) is 71.6 Å². The second-order valence-corrected chi connectivity index (χ2v) is 21.1. The number of anilines is 5. The van der Waals surface area contributed by atoms with Gasteiger partial charge in [0.05, 0.1) is 33.8 Å². The summed E-state index contributed by atoms with van der Waals surface area (Å²) in [6.45, 7) is 12.8. The molecule has 336 valence electrons. The van der Waals surface area contributed by atoms with Gasteiger partial charge in [-0.15, -0.1) is 0 Å². The molecule has 2 aromatic heterocycles. The summed E-state index contributed by atoms with van der Waals surface area (Å²) in [6.07, 6.45) is 9.62. The number of nitrogens with one attached hydrogen (secondary N) is 4. The number of piperazine rings is 1. The number of hydrogen-bond donors (Lipinski definition) is 4. The van der Waals surface area contributed by atoms with Crippen molar-refractivity contribution in [2.45, 2.75) is 57.5 Å². The number of amides is 3. The number of benzene rings is 3. The summed E-state index contributed by atoms with van der Waals surface area (Å²) in [6, 6.07) is 15.4. The Morgan fingerprint density at radius 3 is 2.39 bits per heavy atom. The largest absolute Gasteiger partial charge is 0.494 e. The van der Waals surface area contributed by atoms with E-state index in [1.165, 1.54) is 5.56 Å². The highest BCUT2D eigenvalue weighted by atomic mass is 79.9. The molecule has 4 N–H and O–H groups in total. The van der Waals surface area contributed by atoms with Crippen molar-refractivity contribution in [2.75, 3.05) is 81.8 Å². The number of aryl methyl sites for hydroxylation is 2. The highest BCUT2D eigenvalue weighted by molar-refractivity contribution is 9.10. The Labute approximate surface area is 381 Å². The molecule has 0 radical (unpaired) electrons. The summed E-state index contributed by atoms with van der Waals surface area (Å²) in [5.41, 5.74) is 6.64. The van der Waals surface area contributed by atoms with E-state index >= 15 is 0 Å². The first-order valence-electron chi connectivity index (χ1n) is 21.8. The molecular weight excluding hydrogens is 897 g/mol. The van der Waals surface area contributed by atoms with Crippen LogP contribution in [0.1, 0.15) is 53.6 Å². The number of rotatable bonds is 14. The van der Waals surface area contributed by atoms with E-state index in [1.807, 2.05) is 24.3 Å². The minimum Gasteiger partial charge on any atom is -0.494 e. The summed E-state index contributed by atoms with van der Waals surface area (Å²) < 4.78 is 20.1. The second-order valence-electron chi connectivity index (χ2n) is 17.1. The van der Waals surface area contributed by atoms with Crippen molar-refractivity contribution in [3.63, 3.8) is 0 Å². The van der Waals surface area contributed by atoms with Gasteiger partial charge < -0.3 is 35.1 Å². The fourth-order valence-corrected chi connectivity index (χ4v) is 10.6. The monoisotopic (exact) mass is 951 g/mol. The Bertz CT molecular complexity index is 2580. The van der Waals surface area contributed by atoms with E-state index in [-0.39, 0.29) is 18.2 Å². The highest BCUT2D eigenvalue weighted by Crippen LogP contribution is 2.42. The van der Waals surface area contributed by atoms with Crippen molar-refractivity contribution in [1.29, 1.82) is 0 Å². The predicted molar refractivity (Wildman–Crippen MR) is 254 cm³/mol. The maximum Gasteiger partial charge on any atom is 0.251 e. The molecule has 64 heavy (non-hydrogen) atoms. The van der Waals surface area contributed by atoms with Crippen LogP contribution in [0.5, 0.6) is 5.75 Å². The van der Waals surface area contributed by atoms with Gasteiger partial charge in [-0.3, -0.25) is 34.6 Å². The highest BCUT2D eigenvalue weighted by Gasteiger charge is 2.30. The van der Waals surface area contributed by atoms with Gasteiger partial charge in [-0.1, -0.05) is 12.1 Å². The molecule has 3 amide bonds. The van der Waals surface area contributed by atoms with Gasteiger partial charge in [-0.05, 0) is 116 Å². The van der Waals surface area contributed by atoms with Crippen molar-refractivity contribution in [1.82, 2.24) is 40.4 Å². The molecule has 3 fully saturated rings. The third-order valence-electron chi connectivity index (χ3n) is 12.3. The lowest BCUT2D eigenvalue weighted by atomic mass is 10.00. The molecule has 8 rings (SSSR count). The molecule has 0 bridgehead atoms. The van der Waals surface area contributed by atoms with E-state index < -0.39 is 19.1 Å². The lowest BCUT2D eigenvalue weighted by Crippen LogP contribution is -2.53. The van der Waals surface area contributed by atoms with Gasteiger partial charge in [-0.2, -0.15) is 4.98 Å². The molecule has 3 aromatic carbocycles. The van der Waals surface area contributed by atoms with Crippen LogP contribution >= 0.6 is 23.1 Å². The first-order chi connectivity index (χ1) is 30.8. The van der Waals surface area contributed by atoms with Crippen LogP contribution in [-0.4, -0.2) is 126 Å². The molecule has 3 aliphatic rings. The number of aromatic nitrogens is 4. The van der Waals surface area contributed by atoms with E-state index in [0.29, 0.717) is 62.0 Å². The van der Waals surface area contributed by atoms with Crippen LogP contribution in [-0.2, 0) is 20.6 Å². The number of hydrogen-bond acceptors (Lipinski definition) is 14. The average Bonchev–Trinajstić information content (AvgIpc) is 3.28. The molecule has 0 aliphatic carbocycles. The predicted octanol–water partition coefficient (Wildman–Crippen LogP) is 5.99. The van der Waals surface area contributed by atoms with Crippen molar-refractivity contribution in [3.8, 4) is 5.75 Å². The Kier molecular flexibility index (Phi) is 13.9. The van der Waals surface area contributed by atoms with Crippen LogP contribution in [0.3, 0.4) is 0 Å². The lowest BCUT2D eigenvalue weighted by molar-refractivity contribution is -0.134. The standard InChI is InChI=1S/C46H55BrN11O5P/c1-29-26-37(53-46-50-28-33(47)43(55-46)51-35-12-11-34-41(49-18-17-48-34)42(35)64(3,4)62)39(63-2)27-38(29)58-20-15-32(16-21-58)57-24-22-56(23-25-57)19-5-6-30-7-9-31(10-8-30)44(60)52-36-13-14-40(59)54-45(36)61/h7-12,17-18,26-28,32,36H,5-6,13-16,19-25H2,1-4H3,(H,52,60)(H,54,59,61)(H2,50,51,53,55). The quantitative estimate of drug-likeness (QED) is 0.0752. The summed E-state index contributed by atoms with van der Waals surface area (Å²) in [7, 11) is -1.10. The van der Waals surface area contributed by atoms with Crippen molar-refractivity contribution in [2.24, 2.45) is 0 Å². The lowest BCUT2D eigenvalue weighted by Gasteiger charge is -2.43. The number of methoxy groups -OCH3 is 1. The van der Waals surface area contributed by atoms with Gasteiger partial charge in [0.25, 0.3) is 5.91 Å². The number of nitrogens with zero attached hydrogens (tertiary/aromatic N) is 7. The number of halogens is 1. The molecule has 5 heterocycles. The van der Waals surface area contributed by atoms with Crippen LogP contribution in [0, 0.1) is 6.92 Å². The van der Waals surface area contributed by atoms with Gasteiger partial charge in [0.2, 0.25) is 17.8 Å². The minimum absolute atomic E-state index is 0.225. The van der Waals surface area contributed by atoms with E-state index in [2.05, 4.69) is 85.9 Å². The first kappa shape index (κ1) is 45.1. The third kappa shape index (κ3) is 10.5. The Hall–Kier alpha value is -5.48. The number of imide groups is 1. The number of carbonyl (C=O) groups is 3. The number of fused-ring (bicyclic) bond motifs is 1. The molecule has 18 heteroatoms. The molecule has 1 atom stereocenters. The number of carbonyl (C=O) groups excluding carboxylic acids is 3. The Morgan fingerprint density at radius 1 is 0.922 bits per heavy atom. The topological polar surface area (TPSA) is 187 Å². The van der Waals surface area contributed by atoms with Gasteiger partial charge in [0, 0.05) is 87.6 Å². The van der Waals surface area contributed by atoms with Gasteiger partial charge in [0.1, 0.15) is 30.3 Å². The number of ether oxygens (including phenoxy) is 1. The minimum atomic E-state index is -2.77. The van der Waals surface area contributed by atoms with Crippen LogP contribution < -0.4 is 36.2 Å². The normalized spacial score (nSPS) is 17.9. The van der Waals surface area contributed by atoms with Gasteiger partial charge in [0.15, 0.2) is 0 Å². The molecular formula is C46H55BrN11O5P. The third-order valence-corrected chi connectivity index (χ3v) is 14.5. The average molecular weight is 953 g/mol. The summed E-state index contributed by atoms with van der Waals surface area (Å²) >= 11 is 3.59. The maximum atomic E-state index is 13.5. The zero-order valence-corrected chi connectivity index (χ0v) is 39.2. The second kappa shape index (κ2) is 19.7. The molecule has 5 aromatic rings. The first-order valence-corrected chi connectivity index (χ1v) is 25.2. The Balaban J connectivity index is 0.806. The van der Waals surface area contributed by atoms with Crippen molar-refractivity contribution < 1.29 is 23.7 Å². The molecule has 0 spiro atoms. The zero-order valence-electron chi connectivity index (χ0n) is 36.7. The summed E-state index contributed by atoms with van der Waals surface area (Å²) in [5, 5.41) is 12.4. The molecule has 3 aliphatic heterocycles. The van der Waals surface area contributed by atoms with Crippen LogP contribution in [0.25, 0.3) is 11.0 Å². The van der Waals surface area contributed by atoms with E-state index in [1.54, 1.807) is 51.2 Å². The molecule has 3 saturated heterocycles. The SMILES string of the molecule is COc1cc(N2CCC(N3CCN(CCCc4ccc(C(=O)NC5CCC(=O)NC5=O)cc4)CC3)CC2)c(C)cc1Nc1ncc(Br)c(Nc2ccc3nccnc3c2P(C)(C)=O)n1. The van der Waals surface area contributed by atoms with E-state index in [0.717, 1.165) is 88.4 Å². The van der Waals surface area contributed by atoms with Crippen molar-refractivity contribution in [3.05, 3.63) is 88.3 Å². The van der Waals surface area contributed by atoms with E-state index in [4.69, 9.17) is 9.72 Å². The fourth-order valence-electron chi connectivity index (χ4n) is 8.94. The smallest absolute Gasteiger partial charge is 0.251 e. The summed E-state index contributed by atoms with van der Waals surface area (Å²) in [5.74, 6) is 0.514. The van der Waals surface area contributed by atoms with Crippen LogP contribution in [0.4, 0.5) is 28.8 Å². The number of piperidine rings is 2. The molecule has 1 unspecified atom stereocenters. The summed E-state index contributed by atoms with van der Waals surface area (Å²) in [4.78, 5) is 62.0. The maximum absolute atomic E-state index is 13.5. The Morgan fingerprint density at radius 2 is 1.67 bits per heavy atom. The zero-order chi connectivity index (χ0) is 45.0. The van der Waals surface area contributed by atoms with E-state index in [9.17, 15) is 18.9 Å². The molecule has 0 saturated carbocycles.